The summed E-state index contributed by atoms with van der Waals surface area (Å²) in [6.07, 6.45) is 1.59. The molecule has 0 saturated carbocycles. The van der Waals surface area contributed by atoms with Crippen molar-refractivity contribution in [2.45, 2.75) is 13.8 Å². The van der Waals surface area contributed by atoms with Crippen molar-refractivity contribution in [2.75, 3.05) is 0 Å². The second-order valence-corrected chi connectivity index (χ2v) is 8.10. The molecule has 3 heterocycles. The van der Waals surface area contributed by atoms with Gasteiger partial charge in [0.1, 0.15) is 5.15 Å². The summed E-state index contributed by atoms with van der Waals surface area (Å²) in [5, 5.41) is 5.80. The van der Waals surface area contributed by atoms with Crippen LogP contribution < -0.4 is 5.56 Å². The molecule has 0 N–H and O–H groups in total. The molecule has 0 radical (unpaired) electrons. The zero-order valence-corrected chi connectivity index (χ0v) is 19.2. The Morgan fingerprint density at radius 2 is 1.61 bits per heavy atom. The maximum atomic E-state index is 13.1. The molecule has 8 heteroatoms. The third-order valence-electron chi connectivity index (χ3n) is 5.68. The molecule has 0 saturated heterocycles. The number of pyridine rings is 1. The molecule has 5 aromatic rings. The largest absolute Gasteiger partial charge is 0.297 e. The summed E-state index contributed by atoms with van der Waals surface area (Å²) in [5.41, 5.74) is 4.71. The van der Waals surface area contributed by atoms with Gasteiger partial charge in [0, 0.05) is 24.2 Å². The van der Waals surface area contributed by atoms with E-state index in [1.165, 1.54) is 0 Å². The number of aryl methyl sites for hydroxylation is 1. The first-order valence-corrected chi connectivity index (χ1v) is 10.8. The molecule has 3 aromatic heterocycles. The highest BCUT2D eigenvalue weighted by atomic mass is 35.5. The molecule has 7 nitrogen and oxygen atoms in total. The van der Waals surface area contributed by atoms with Crippen LogP contribution in [0.2, 0.25) is 5.15 Å². The smallest absolute Gasteiger partial charge is 0.283 e. The van der Waals surface area contributed by atoms with E-state index < -0.39 is 0 Å². The summed E-state index contributed by atoms with van der Waals surface area (Å²) in [5.74, 6) is 0. The fourth-order valence-electron chi connectivity index (χ4n) is 3.85. The summed E-state index contributed by atoms with van der Waals surface area (Å²) in [6, 6.07) is 21.2. The van der Waals surface area contributed by atoms with Gasteiger partial charge >= 0.3 is 0 Å². The Morgan fingerprint density at radius 3 is 2.27 bits per heavy atom. The van der Waals surface area contributed by atoms with Crippen LogP contribution in [0.25, 0.3) is 22.4 Å². The number of benzene rings is 2. The highest BCUT2D eigenvalue weighted by molar-refractivity contribution is 6.32. The summed E-state index contributed by atoms with van der Waals surface area (Å²) in [7, 11) is 1.84. The molecule has 0 atom stereocenters. The summed E-state index contributed by atoms with van der Waals surface area (Å²) in [6.45, 7) is 3.79. The molecule has 164 valence electrons. The zero-order valence-electron chi connectivity index (χ0n) is 18.4. The van der Waals surface area contributed by atoms with Crippen molar-refractivity contribution >= 4 is 34.5 Å². The number of para-hydroxylation sites is 2. The monoisotopic (exact) mass is 456 g/mol. The SMILES string of the molecule is Cc1nn(-c2ccccc2)c2nc(Cl)c(C=Nc3c(C)n(C)n(-c4ccccc4)c3=O)cc12. The standard InChI is InChI=1S/C25H21ClN6O/c1-16-21-14-18(23(26)28-24(21)31(29-16)19-10-6-4-7-11-19)15-27-22-17(2)30(3)32(25(22)33)20-12-8-5-9-13-20/h4-15H,1-3H3. The Kier molecular flexibility index (Phi) is 5.18. The second kappa shape index (κ2) is 8.18. The van der Waals surface area contributed by atoms with Gasteiger partial charge in [0.25, 0.3) is 5.56 Å². The molecule has 0 aliphatic carbocycles. The average Bonchev–Trinajstić information content (AvgIpc) is 3.26. The van der Waals surface area contributed by atoms with Gasteiger partial charge in [0.2, 0.25) is 0 Å². The Morgan fingerprint density at radius 1 is 0.970 bits per heavy atom. The summed E-state index contributed by atoms with van der Waals surface area (Å²) >= 11 is 6.52. The van der Waals surface area contributed by atoms with Crippen LogP contribution in [0.15, 0.2) is 76.5 Å². The van der Waals surface area contributed by atoms with E-state index in [9.17, 15) is 4.79 Å². The Balaban J connectivity index is 1.58. The minimum absolute atomic E-state index is 0.198. The van der Waals surface area contributed by atoms with Crippen molar-refractivity contribution in [3.8, 4) is 11.4 Å². The number of hydrogen-bond donors (Lipinski definition) is 0. The zero-order chi connectivity index (χ0) is 23.1. The highest BCUT2D eigenvalue weighted by Crippen LogP contribution is 2.25. The fourth-order valence-corrected chi connectivity index (χ4v) is 4.04. The normalized spacial score (nSPS) is 11.6. The fraction of sp³-hybridized carbons (Fsp3) is 0.120. The average molecular weight is 457 g/mol. The quantitative estimate of drug-likeness (QED) is 0.284. The van der Waals surface area contributed by atoms with Gasteiger partial charge in [0.15, 0.2) is 11.3 Å². The molecule has 0 spiro atoms. The Labute approximate surface area is 195 Å². The van der Waals surface area contributed by atoms with E-state index in [1.54, 1.807) is 20.3 Å². The first-order valence-electron chi connectivity index (χ1n) is 10.4. The second-order valence-electron chi connectivity index (χ2n) is 7.74. The van der Waals surface area contributed by atoms with Crippen LogP contribution in [-0.2, 0) is 7.05 Å². The van der Waals surface area contributed by atoms with Gasteiger partial charge in [0.05, 0.1) is 22.8 Å². The first kappa shape index (κ1) is 20.9. The van der Waals surface area contributed by atoms with Gasteiger partial charge in [-0.1, -0.05) is 48.0 Å². The van der Waals surface area contributed by atoms with E-state index in [0.29, 0.717) is 22.1 Å². The maximum absolute atomic E-state index is 13.1. The molecule has 0 aliphatic heterocycles. The van der Waals surface area contributed by atoms with Crippen LogP contribution >= 0.6 is 11.6 Å². The molecule has 0 amide bonds. The number of halogens is 1. The molecule has 33 heavy (non-hydrogen) atoms. The van der Waals surface area contributed by atoms with Gasteiger partial charge < -0.3 is 0 Å². The molecule has 5 rings (SSSR count). The van der Waals surface area contributed by atoms with E-state index in [2.05, 4.69) is 15.1 Å². The molecule has 2 aromatic carbocycles. The lowest BCUT2D eigenvalue weighted by molar-refractivity contribution is 0.630. The van der Waals surface area contributed by atoms with E-state index in [0.717, 1.165) is 28.1 Å². The Bertz CT molecular complexity index is 1560. The van der Waals surface area contributed by atoms with Crippen molar-refractivity contribution in [3.63, 3.8) is 0 Å². The molecular formula is C25H21ClN6O. The van der Waals surface area contributed by atoms with Crippen molar-refractivity contribution < 1.29 is 0 Å². The van der Waals surface area contributed by atoms with Gasteiger partial charge in [-0.2, -0.15) is 5.10 Å². The highest BCUT2D eigenvalue weighted by Gasteiger charge is 2.16. The van der Waals surface area contributed by atoms with Crippen LogP contribution in [0.4, 0.5) is 5.69 Å². The number of hydrogen-bond acceptors (Lipinski definition) is 4. The van der Waals surface area contributed by atoms with Crippen LogP contribution in [0.3, 0.4) is 0 Å². The van der Waals surface area contributed by atoms with Crippen LogP contribution in [0, 0.1) is 13.8 Å². The van der Waals surface area contributed by atoms with Gasteiger partial charge in [-0.3, -0.25) is 9.48 Å². The lowest BCUT2D eigenvalue weighted by Gasteiger charge is -2.07. The van der Waals surface area contributed by atoms with E-state index >= 15 is 0 Å². The number of aromatic nitrogens is 5. The van der Waals surface area contributed by atoms with Crippen molar-refractivity contribution in [1.29, 1.82) is 0 Å². The van der Waals surface area contributed by atoms with Gasteiger partial charge in [-0.15, -0.1) is 0 Å². The minimum atomic E-state index is -0.198. The van der Waals surface area contributed by atoms with Gasteiger partial charge in [-0.05, 0) is 44.2 Å². The summed E-state index contributed by atoms with van der Waals surface area (Å²) in [4.78, 5) is 22.2. The molecule has 0 aliphatic rings. The number of aliphatic imine (C=N–C) groups is 1. The van der Waals surface area contributed by atoms with E-state index in [4.69, 9.17) is 11.6 Å². The maximum Gasteiger partial charge on any atom is 0.297 e. The van der Waals surface area contributed by atoms with Crippen molar-refractivity contribution in [1.82, 2.24) is 24.1 Å². The van der Waals surface area contributed by atoms with Gasteiger partial charge in [-0.25, -0.2) is 19.3 Å². The molecule has 0 fully saturated rings. The topological polar surface area (TPSA) is 70.0 Å². The molecular weight excluding hydrogens is 436 g/mol. The van der Waals surface area contributed by atoms with Crippen LogP contribution in [0.1, 0.15) is 17.0 Å². The van der Waals surface area contributed by atoms with Crippen LogP contribution in [-0.4, -0.2) is 30.3 Å². The van der Waals surface area contributed by atoms with E-state index in [1.807, 2.05) is 87.6 Å². The molecule has 0 unspecified atom stereocenters. The van der Waals surface area contributed by atoms with Crippen LogP contribution in [0.5, 0.6) is 0 Å². The van der Waals surface area contributed by atoms with E-state index in [-0.39, 0.29) is 5.56 Å². The third kappa shape index (κ3) is 3.56. The molecule has 0 bridgehead atoms. The third-order valence-corrected chi connectivity index (χ3v) is 5.98. The number of rotatable bonds is 4. The lowest BCUT2D eigenvalue weighted by atomic mass is 10.2. The number of nitrogens with zero attached hydrogens (tertiary/aromatic N) is 6. The predicted octanol–water partition coefficient (Wildman–Crippen LogP) is 4.93. The minimum Gasteiger partial charge on any atom is -0.283 e. The van der Waals surface area contributed by atoms with Crippen molar-refractivity contribution in [3.05, 3.63) is 99.2 Å². The van der Waals surface area contributed by atoms with Crippen molar-refractivity contribution in [2.24, 2.45) is 12.0 Å². The Hall–Kier alpha value is -3.97. The number of fused-ring (bicyclic) bond motifs is 1. The first-order chi connectivity index (χ1) is 16.0. The predicted molar refractivity (Wildman–Crippen MR) is 132 cm³/mol. The lowest BCUT2D eigenvalue weighted by Crippen LogP contribution is -2.19. The summed E-state index contributed by atoms with van der Waals surface area (Å²) < 4.78 is 5.16.